The summed E-state index contributed by atoms with van der Waals surface area (Å²) in [5, 5.41) is 0.609. The van der Waals surface area contributed by atoms with Crippen LogP contribution in [0.4, 0.5) is 0 Å². The summed E-state index contributed by atoms with van der Waals surface area (Å²) in [5.41, 5.74) is 8.23. The van der Waals surface area contributed by atoms with Crippen LogP contribution in [0.1, 0.15) is 29.3 Å². The van der Waals surface area contributed by atoms with E-state index >= 15 is 0 Å². The Balaban J connectivity index is 1.98. The van der Waals surface area contributed by atoms with E-state index in [9.17, 15) is 4.79 Å². The van der Waals surface area contributed by atoms with Crippen molar-refractivity contribution in [1.82, 2.24) is 10.9 Å². The number of carbonyl (C=O) groups excluding carboxylic acids is 1. The van der Waals surface area contributed by atoms with Crippen molar-refractivity contribution >= 4 is 23.6 Å². The van der Waals surface area contributed by atoms with Crippen LogP contribution in [0.2, 0.25) is 5.02 Å². The molecule has 0 bridgehead atoms. The van der Waals surface area contributed by atoms with Crippen LogP contribution in [0.5, 0.6) is 0 Å². The second kappa shape index (κ2) is 7.50. The quantitative estimate of drug-likeness (QED) is 0.819. The molecule has 2 aromatic carbocycles. The molecule has 0 fully saturated rings. The van der Waals surface area contributed by atoms with Crippen molar-refractivity contribution in [2.75, 3.05) is 0 Å². The Morgan fingerprint density at radius 1 is 1.05 bits per heavy atom. The summed E-state index contributed by atoms with van der Waals surface area (Å²) >= 11 is 5.80. The number of hydrazine groups is 1. The average Bonchev–Trinajstić information content (AvgIpc) is 2.52. The Kier molecular flexibility index (Phi) is 5.41. The molecule has 0 aliphatic rings. The molecular weight excluding hydrogens is 284 g/mol. The zero-order valence-corrected chi connectivity index (χ0v) is 12.5. The molecule has 2 rings (SSSR count). The largest absolute Gasteiger partial charge is 0.302 e. The molecule has 0 aromatic heterocycles. The van der Waals surface area contributed by atoms with Crippen LogP contribution >= 0.6 is 11.6 Å². The van der Waals surface area contributed by atoms with Gasteiger partial charge in [-0.3, -0.25) is 10.2 Å². The van der Waals surface area contributed by atoms with Crippen molar-refractivity contribution in [3.8, 4) is 0 Å². The molecule has 108 valence electrons. The fraction of sp³-hybridized carbons (Fsp3) is 0.118. The first-order valence-electron chi connectivity index (χ1n) is 6.76. The van der Waals surface area contributed by atoms with E-state index in [1.807, 2.05) is 43.3 Å². The Morgan fingerprint density at radius 3 is 2.33 bits per heavy atom. The molecule has 3 nitrogen and oxygen atoms in total. The van der Waals surface area contributed by atoms with Gasteiger partial charge in [0.2, 0.25) is 0 Å². The predicted octanol–water partition coefficient (Wildman–Crippen LogP) is 4.03. The van der Waals surface area contributed by atoms with Gasteiger partial charge in [-0.05, 0) is 42.3 Å². The smallest absolute Gasteiger partial charge is 0.269 e. The van der Waals surface area contributed by atoms with Gasteiger partial charge in [0.25, 0.3) is 5.91 Å². The number of nitrogens with one attached hydrogen (secondary N) is 2. The number of halogens is 1. The SMILES string of the molecule is CCC(=Cc1ccccc1)NNC(=O)c1ccc(Cl)cc1. The summed E-state index contributed by atoms with van der Waals surface area (Å²) < 4.78 is 0. The normalized spacial score (nSPS) is 11.0. The molecular formula is C17H17ClN2O. The fourth-order valence-electron chi connectivity index (χ4n) is 1.79. The highest BCUT2D eigenvalue weighted by Crippen LogP contribution is 2.10. The van der Waals surface area contributed by atoms with Crippen LogP contribution < -0.4 is 10.9 Å². The lowest BCUT2D eigenvalue weighted by molar-refractivity contribution is 0.0938. The number of carbonyl (C=O) groups is 1. The van der Waals surface area contributed by atoms with Gasteiger partial charge < -0.3 is 5.43 Å². The molecule has 0 heterocycles. The fourth-order valence-corrected chi connectivity index (χ4v) is 1.91. The lowest BCUT2D eigenvalue weighted by Gasteiger charge is -2.11. The van der Waals surface area contributed by atoms with Gasteiger partial charge in [-0.1, -0.05) is 48.9 Å². The second-order valence-electron chi connectivity index (χ2n) is 4.52. The first-order valence-corrected chi connectivity index (χ1v) is 7.14. The standard InChI is InChI=1S/C17H17ClN2O/c1-2-16(12-13-6-4-3-5-7-13)19-20-17(21)14-8-10-15(18)11-9-14/h3-12,19H,2H2,1H3,(H,20,21). The maximum atomic E-state index is 12.0. The van der Waals surface area contributed by atoms with Gasteiger partial charge in [0, 0.05) is 16.3 Å². The number of hydrogen-bond donors (Lipinski definition) is 2. The summed E-state index contributed by atoms with van der Waals surface area (Å²) in [6.45, 7) is 2.02. The first-order chi connectivity index (χ1) is 10.2. The molecule has 0 unspecified atom stereocenters. The van der Waals surface area contributed by atoms with Gasteiger partial charge in [0.1, 0.15) is 0 Å². The van der Waals surface area contributed by atoms with Crippen LogP contribution in [-0.4, -0.2) is 5.91 Å². The van der Waals surface area contributed by atoms with Crippen molar-refractivity contribution in [2.24, 2.45) is 0 Å². The van der Waals surface area contributed by atoms with E-state index in [-0.39, 0.29) is 5.91 Å². The number of allylic oxidation sites excluding steroid dienone is 1. The van der Waals surface area contributed by atoms with Crippen LogP contribution in [0.15, 0.2) is 60.3 Å². The van der Waals surface area contributed by atoms with Crippen molar-refractivity contribution in [3.63, 3.8) is 0 Å². The average molecular weight is 301 g/mol. The van der Waals surface area contributed by atoms with E-state index in [0.717, 1.165) is 17.7 Å². The van der Waals surface area contributed by atoms with E-state index in [1.165, 1.54) is 0 Å². The van der Waals surface area contributed by atoms with Crippen molar-refractivity contribution in [2.45, 2.75) is 13.3 Å². The number of rotatable bonds is 5. The first kappa shape index (κ1) is 15.1. The maximum Gasteiger partial charge on any atom is 0.269 e. The molecule has 0 spiro atoms. The topological polar surface area (TPSA) is 41.1 Å². The van der Waals surface area contributed by atoms with E-state index in [2.05, 4.69) is 10.9 Å². The summed E-state index contributed by atoms with van der Waals surface area (Å²) in [4.78, 5) is 12.0. The maximum absolute atomic E-state index is 12.0. The van der Waals surface area contributed by atoms with Gasteiger partial charge in [0.15, 0.2) is 0 Å². The van der Waals surface area contributed by atoms with Crippen molar-refractivity contribution < 1.29 is 4.79 Å². The highest BCUT2D eigenvalue weighted by molar-refractivity contribution is 6.30. The molecule has 2 N–H and O–H groups in total. The van der Waals surface area contributed by atoms with E-state index in [0.29, 0.717) is 10.6 Å². The Morgan fingerprint density at radius 2 is 1.71 bits per heavy atom. The van der Waals surface area contributed by atoms with E-state index < -0.39 is 0 Å². The Hall–Kier alpha value is -2.26. The van der Waals surface area contributed by atoms with Crippen LogP contribution in [0.3, 0.4) is 0 Å². The third-order valence-corrected chi connectivity index (χ3v) is 3.22. The van der Waals surface area contributed by atoms with Crippen molar-refractivity contribution in [1.29, 1.82) is 0 Å². The minimum Gasteiger partial charge on any atom is -0.302 e. The number of hydrogen-bond acceptors (Lipinski definition) is 2. The van der Waals surface area contributed by atoms with Crippen LogP contribution in [0, 0.1) is 0 Å². The molecule has 0 aliphatic heterocycles. The van der Waals surface area contributed by atoms with Gasteiger partial charge in [-0.25, -0.2) is 0 Å². The summed E-state index contributed by atoms with van der Waals surface area (Å²) in [7, 11) is 0. The highest BCUT2D eigenvalue weighted by atomic mass is 35.5. The molecule has 0 saturated heterocycles. The summed E-state index contributed by atoms with van der Waals surface area (Å²) in [5.74, 6) is -0.195. The van der Waals surface area contributed by atoms with E-state index in [1.54, 1.807) is 24.3 Å². The highest BCUT2D eigenvalue weighted by Gasteiger charge is 2.04. The number of amides is 1. The van der Waals surface area contributed by atoms with Gasteiger partial charge in [-0.15, -0.1) is 0 Å². The van der Waals surface area contributed by atoms with Gasteiger partial charge >= 0.3 is 0 Å². The zero-order chi connectivity index (χ0) is 15.1. The molecule has 2 aromatic rings. The Labute approximate surface area is 129 Å². The van der Waals surface area contributed by atoms with E-state index in [4.69, 9.17) is 11.6 Å². The van der Waals surface area contributed by atoms with Gasteiger partial charge in [-0.2, -0.15) is 0 Å². The lowest BCUT2D eigenvalue weighted by atomic mass is 10.2. The van der Waals surface area contributed by atoms with Crippen LogP contribution in [0.25, 0.3) is 6.08 Å². The molecule has 0 radical (unpaired) electrons. The molecule has 0 aliphatic carbocycles. The van der Waals surface area contributed by atoms with Crippen LogP contribution in [-0.2, 0) is 0 Å². The molecule has 0 saturated carbocycles. The monoisotopic (exact) mass is 300 g/mol. The minimum atomic E-state index is -0.195. The molecule has 4 heteroatoms. The Bertz CT molecular complexity index is 621. The third-order valence-electron chi connectivity index (χ3n) is 2.96. The summed E-state index contributed by atoms with van der Waals surface area (Å²) in [6.07, 6.45) is 2.79. The van der Waals surface area contributed by atoms with Crippen molar-refractivity contribution in [3.05, 3.63) is 76.4 Å². The second-order valence-corrected chi connectivity index (χ2v) is 4.96. The molecule has 0 atom stereocenters. The molecule has 1 amide bonds. The van der Waals surface area contributed by atoms with Gasteiger partial charge in [0.05, 0.1) is 0 Å². The lowest BCUT2D eigenvalue weighted by Crippen LogP contribution is -2.36. The molecule has 21 heavy (non-hydrogen) atoms. The zero-order valence-electron chi connectivity index (χ0n) is 11.8. The minimum absolute atomic E-state index is 0.195. The summed E-state index contributed by atoms with van der Waals surface area (Å²) in [6, 6.07) is 16.7. The third kappa shape index (κ3) is 4.65. The number of benzene rings is 2. The predicted molar refractivity (Wildman–Crippen MR) is 86.8 cm³/mol.